The van der Waals surface area contributed by atoms with Crippen LogP contribution < -0.4 is 10.6 Å². The SMILES string of the molecule is CC[C@@]12CCC[C@@](c3ccccc3)(CC(CCC(=O)N[C@H]3CCN[C@H](C)C3)C1)C2. The van der Waals surface area contributed by atoms with Crippen molar-refractivity contribution in [2.24, 2.45) is 11.3 Å². The molecule has 1 aromatic rings. The van der Waals surface area contributed by atoms with Crippen molar-refractivity contribution in [1.82, 2.24) is 10.6 Å². The van der Waals surface area contributed by atoms with E-state index in [0.717, 1.165) is 25.8 Å². The zero-order chi connectivity index (χ0) is 20.3. The van der Waals surface area contributed by atoms with Gasteiger partial charge in [-0.1, -0.05) is 50.1 Å². The van der Waals surface area contributed by atoms with E-state index in [1.165, 1.54) is 44.9 Å². The number of amides is 1. The van der Waals surface area contributed by atoms with E-state index in [-0.39, 0.29) is 5.91 Å². The number of hydrogen-bond donors (Lipinski definition) is 2. The Morgan fingerprint density at radius 3 is 2.79 bits per heavy atom. The maximum Gasteiger partial charge on any atom is 0.220 e. The number of rotatable bonds is 6. The van der Waals surface area contributed by atoms with Gasteiger partial charge >= 0.3 is 0 Å². The monoisotopic (exact) mass is 396 g/mol. The van der Waals surface area contributed by atoms with Crippen LogP contribution >= 0.6 is 0 Å². The topological polar surface area (TPSA) is 41.1 Å². The van der Waals surface area contributed by atoms with Crippen LogP contribution in [0.3, 0.4) is 0 Å². The van der Waals surface area contributed by atoms with Gasteiger partial charge in [-0.05, 0) is 87.1 Å². The molecule has 1 unspecified atom stereocenters. The number of benzene rings is 1. The fourth-order valence-corrected chi connectivity index (χ4v) is 6.99. The third kappa shape index (κ3) is 4.71. The highest BCUT2D eigenvalue weighted by atomic mass is 16.1. The average molecular weight is 397 g/mol. The largest absolute Gasteiger partial charge is 0.353 e. The molecular formula is C26H40N2O. The summed E-state index contributed by atoms with van der Waals surface area (Å²) >= 11 is 0. The first kappa shape index (κ1) is 20.9. The Morgan fingerprint density at radius 1 is 1.21 bits per heavy atom. The van der Waals surface area contributed by atoms with Gasteiger partial charge in [-0.25, -0.2) is 0 Å². The molecule has 2 bridgehead atoms. The summed E-state index contributed by atoms with van der Waals surface area (Å²) in [5.41, 5.74) is 2.40. The lowest BCUT2D eigenvalue weighted by Crippen LogP contribution is -2.47. The van der Waals surface area contributed by atoms with Gasteiger partial charge < -0.3 is 10.6 Å². The molecule has 2 N–H and O–H groups in total. The van der Waals surface area contributed by atoms with E-state index in [9.17, 15) is 4.79 Å². The lowest BCUT2D eigenvalue weighted by Gasteiger charge is -2.55. The number of fused-ring (bicyclic) bond motifs is 2. The van der Waals surface area contributed by atoms with Gasteiger partial charge in [0.15, 0.2) is 0 Å². The highest BCUT2D eigenvalue weighted by molar-refractivity contribution is 5.76. The summed E-state index contributed by atoms with van der Waals surface area (Å²) in [6.45, 7) is 5.63. The molecule has 4 rings (SSSR count). The lowest BCUT2D eigenvalue weighted by molar-refractivity contribution is -0.122. The fraction of sp³-hybridized carbons (Fsp3) is 0.731. The Morgan fingerprint density at radius 2 is 2.03 bits per heavy atom. The van der Waals surface area contributed by atoms with Crippen LogP contribution in [-0.2, 0) is 10.2 Å². The zero-order valence-corrected chi connectivity index (χ0v) is 18.5. The highest BCUT2D eigenvalue weighted by Gasteiger charge is 2.50. The van der Waals surface area contributed by atoms with E-state index in [1.807, 2.05) is 0 Å². The number of piperidine rings is 1. The molecule has 1 heterocycles. The molecule has 2 aliphatic carbocycles. The van der Waals surface area contributed by atoms with Crippen molar-refractivity contribution < 1.29 is 4.79 Å². The Balaban J connectivity index is 1.40. The van der Waals surface area contributed by atoms with Crippen molar-refractivity contribution >= 4 is 5.91 Å². The highest BCUT2D eigenvalue weighted by Crippen LogP contribution is 2.60. The lowest BCUT2D eigenvalue weighted by atomic mass is 9.49. The Kier molecular flexibility index (Phi) is 6.34. The maximum atomic E-state index is 12.7. The summed E-state index contributed by atoms with van der Waals surface area (Å²) in [6.07, 6.45) is 13.2. The van der Waals surface area contributed by atoms with Gasteiger partial charge in [0.1, 0.15) is 0 Å². The first-order chi connectivity index (χ1) is 14.0. The van der Waals surface area contributed by atoms with Gasteiger partial charge in [0.05, 0.1) is 0 Å². The molecule has 3 nitrogen and oxygen atoms in total. The van der Waals surface area contributed by atoms with Crippen LogP contribution in [0.25, 0.3) is 0 Å². The number of carbonyl (C=O) groups is 1. The molecule has 1 aliphatic heterocycles. The van der Waals surface area contributed by atoms with Gasteiger partial charge in [-0.3, -0.25) is 4.79 Å². The Labute approximate surface area is 177 Å². The molecule has 29 heavy (non-hydrogen) atoms. The van der Waals surface area contributed by atoms with Crippen molar-refractivity contribution in [1.29, 1.82) is 0 Å². The van der Waals surface area contributed by atoms with Gasteiger partial charge in [0.25, 0.3) is 0 Å². The molecule has 3 heteroatoms. The zero-order valence-electron chi connectivity index (χ0n) is 18.5. The smallest absolute Gasteiger partial charge is 0.220 e. The molecule has 1 amide bonds. The van der Waals surface area contributed by atoms with E-state index < -0.39 is 0 Å². The van der Waals surface area contributed by atoms with Crippen LogP contribution in [0.1, 0.15) is 90.0 Å². The maximum absolute atomic E-state index is 12.7. The van der Waals surface area contributed by atoms with E-state index >= 15 is 0 Å². The van der Waals surface area contributed by atoms with Crippen molar-refractivity contribution in [3.05, 3.63) is 35.9 Å². The number of carbonyl (C=O) groups excluding carboxylic acids is 1. The molecule has 1 saturated heterocycles. The van der Waals surface area contributed by atoms with Crippen LogP contribution in [0.5, 0.6) is 0 Å². The van der Waals surface area contributed by atoms with E-state index in [1.54, 1.807) is 5.56 Å². The fourth-order valence-electron chi connectivity index (χ4n) is 6.99. The van der Waals surface area contributed by atoms with Crippen LogP contribution in [-0.4, -0.2) is 24.5 Å². The van der Waals surface area contributed by atoms with Crippen LogP contribution in [0.15, 0.2) is 30.3 Å². The van der Waals surface area contributed by atoms with Gasteiger partial charge in [-0.15, -0.1) is 0 Å². The molecule has 3 fully saturated rings. The van der Waals surface area contributed by atoms with Gasteiger partial charge in [-0.2, -0.15) is 0 Å². The molecule has 2 saturated carbocycles. The van der Waals surface area contributed by atoms with E-state index in [2.05, 4.69) is 54.8 Å². The minimum absolute atomic E-state index is 0.277. The third-order valence-electron chi connectivity index (χ3n) is 8.38. The van der Waals surface area contributed by atoms with Gasteiger partial charge in [0.2, 0.25) is 5.91 Å². The Bertz CT molecular complexity index is 689. The molecule has 0 aromatic heterocycles. The molecular weight excluding hydrogens is 356 g/mol. The van der Waals surface area contributed by atoms with Crippen molar-refractivity contribution in [3.8, 4) is 0 Å². The number of hydrogen-bond acceptors (Lipinski definition) is 2. The predicted molar refractivity (Wildman–Crippen MR) is 120 cm³/mol. The van der Waals surface area contributed by atoms with Crippen molar-refractivity contribution in [2.75, 3.05) is 6.54 Å². The Hall–Kier alpha value is -1.35. The molecule has 5 atom stereocenters. The van der Waals surface area contributed by atoms with Crippen molar-refractivity contribution in [3.63, 3.8) is 0 Å². The standard InChI is InChI=1S/C26H40N2O/c1-3-25-13-7-14-26(19-25,22-8-5-4-6-9-22)18-21(17-25)10-11-24(29)28-23-12-15-27-20(2)16-23/h4-6,8-9,20-21,23,27H,3,7,10-19H2,1-2H3,(H,28,29)/t20-,21?,23+,25-,26-/m1/s1. The van der Waals surface area contributed by atoms with Crippen LogP contribution in [0, 0.1) is 11.3 Å². The summed E-state index contributed by atoms with van der Waals surface area (Å²) in [6, 6.07) is 12.2. The van der Waals surface area contributed by atoms with Crippen molar-refractivity contribution in [2.45, 2.75) is 102 Å². The molecule has 160 valence electrons. The van der Waals surface area contributed by atoms with E-state index in [4.69, 9.17) is 0 Å². The second-order valence-corrected chi connectivity index (χ2v) is 10.5. The van der Waals surface area contributed by atoms with Gasteiger partial charge in [0, 0.05) is 18.5 Å². The second kappa shape index (κ2) is 8.79. The quantitative estimate of drug-likeness (QED) is 0.681. The molecule has 1 aromatic carbocycles. The molecule has 0 spiro atoms. The molecule has 3 aliphatic rings. The summed E-state index contributed by atoms with van der Waals surface area (Å²) in [7, 11) is 0. The van der Waals surface area contributed by atoms with Crippen LogP contribution in [0.2, 0.25) is 0 Å². The summed E-state index contributed by atoms with van der Waals surface area (Å²) < 4.78 is 0. The summed E-state index contributed by atoms with van der Waals surface area (Å²) in [5, 5.41) is 6.80. The third-order valence-corrected chi connectivity index (χ3v) is 8.38. The second-order valence-electron chi connectivity index (χ2n) is 10.5. The summed E-state index contributed by atoms with van der Waals surface area (Å²) in [4.78, 5) is 12.7. The summed E-state index contributed by atoms with van der Waals surface area (Å²) in [5.74, 6) is 0.959. The van der Waals surface area contributed by atoms with Crippen LogP contribution in [0.4, 0.5) is 0 Å². The minimum atomic E-state index is 0.277. The first-order valence-electron chi connectivity index (χ1n) is 12.1. The van der Waals surface area contributed by atoms with E-state index in [0.29, 0.717) is 35.3 Å². The normalized spacial score (nSPS) is 37.1. The average Bonchev–Trinajstić information content (AvgIpc) is 2.73. The minimum Gasteiger partial charge on any atom is -0.353 e. The first-order valence-corrected chi connectivity index (χ1v) is 12.1. The number of nitrogens with one attached hydrogen (secondary N) is 2. The molecule has 0 radical (unpaired) electrons. The predicted octanol–water partition coefficient (Wildman–Crippen LogP) is 5.34.